The van der Waals surface area contributed by atoms with Crippen molar-refractivity contribution >= 4 is 22.7 Å². The molecule has 0 aliphatic carbocycles. The van der Waals surface area contributed by atoms with E-state index in [1.165, 1.54) is 5.56 Å². The lowest BCUT2D eigenvalue weighted by molar-refractivity contribution is -0.115. The molecule has 0 aliphatic rings. The van der Waals surface area contributed by atoms with Gasteiger partial charge in [-0.25, -0.2) is 4.98 Å². The lowest BCUT2D eigenvalue weighted by atomic mass is 9.98. The van der Waals surface area contributed by atoms with Crippen LogP contribution in [-0.2, 0) is 11.2 Å². The number of hydrogen-bond donors (Lipinski definition) is 1. The van der Waals surface area contributed by atoms with Crippen LogP contribution in [-0.4, -0.2) is 10.9 Å². The molecule has 0 radical (unpaired) electrons. The normalized spacial score (nSPS) is 12.1. The Bertz CT molecular complexity index is 1110. The first-order valence-corrected chi connectivity index (χ1v) is 9.97. The summed E-state index contributed by atoms with van der Waals surface area (Å²) in [5.74, 6) is 1.05. The van der Waals surface area contributed by atoms with Crippen LogP contribution in [0.1, 0.15) is 37.3 Å². The van der Waals surface area contributed by atoms with Crippen LogP contribution in [0.3, 0.4) is 0 Å². The maximum Gasteiger partial charge on any atom is 0.228 e. The summed E-state index contributed by atoms with van der Waals surface area (Å²) < 4.78 is 5.92. The molecule has 0 aliphatic heterocycles. The number of carbonyl (C=O) groups excluding carboxylic acids is 1. The molecule has 1 unspecified atom stereocenters. The molecule has 4 aromatic rings. The number of fused-ring (bicyclic) bond motifs is 1. The summed E-state index contributed by atoms with van der Waals surface area (Å²) >= 11 is 0. The molecule has 1 amide bonds. The van der Waals surface area contributed by atoms with Crippen molar-refractivity contribution in [1.29, 1.82) is 0 Å². The SMILES string of the molecule is CCC(C)c1ccc2oc(-c3ccc(NC(=O)Cc4ccccc4)cc3)nc2c1. The summed E-state index contributed by atoms with van der Waals surface area (Å²) in [4.78, 5) is 16.9. The molecule has 1 atom stereocenters. The van der Waals surface area contributed by atoms with Gasteiger partial charge >= 0.3 is 0 Å². The molecular formula is C25H24N2O2. The molecule has 1 heterocycles. The van der Waals surface area contributed by atoms with Gasteiger partial charge in [0.1, 0.15) is 5.52 Å². The first-order valence-electron chi connectivity index (χ1n) is 9.97. The Labute approximate surface area is 170 Å². The average Bonchev–Trinajstić information content (AvgIpc) is 3.17. The number of benzene rings is 3. The minimum Gasteiger partial charge on any atom is -0.436 e. The van der Waals surface area contributed by atoms with E-state index in [1.807, 2.05) is 60.7 Å². The maximum absolute atomic E-state index is 12.2. The number of oxazole rings is 1. The van der Waals surface area contributed by atoms with Crippen LogP contribution in [0.5, 0.6) is 0 Å². The first kappa shape index (κ1) is 18.9. The van der Waals surface area contributed by atoms with Crippen molar-refractivity contribution in [3.05, 3.63) is 83.9 Å². The summed E-state index contributed by atoms with van der Waals surface area (Å²) in [6.45, 7) is 4.40. The largest absolute Gasteiger partial charge is 0.436 e. The van der Waals surface area contributed by atoms with Crippen molar-refractivity contribution in [2.45, 2.75) is 32.6 Å². The number of amides is 1. The lowest BCUT2D eigenvalue weighted by Crippen LogP contribution is -2.14. The van der Waals surface area contributed by atoms with Gasteiger partial charge in [0, 0.05) is 11.3 Å². The Balaban J connectivity index is 1.48. The molecule has 4 heteroatoms. The van der Waals surface area contributed by atoms with E-state index in [-0.39, 0.29) is 5.91 Å². The number of carbonyl (C=O) groups is 1. The minimum absolute atomic E-state index is 0.0385. The van der Waals surface area contributed by atoms with Gasteiger partial charge in [-0.05, 0) is 59.9 Å². The minimum atomic E-state index is -0.0385. The molecule has 3 aromatic carbocycles. The Morgan fingerprint density at radius 1 is 1.03 bits per heavy atom. The fraction of sp³-hybridized carbons (Fsp3) is 0.200. The summed E-state index contributed by atoms with van der Waals surface area (Å²) in [7, 11) is 0. The molecule has 1 N–H and O–H groups in total. The third-order valence-corrected chi connectivity index (χ3v) is 5.22. The zero-order valence-corrected chi connectivity index (χ0v) is 16.7. The van der Waals surface area contributed by atoms with Crippen LogP contribution in [0.15, 0.2) is 77.2 Å². The Kier molecular flexibility index (Phi) is 5.43. The second-order valence-corrected chi connectivity index (χ2v) is 7.34. The third-order valence-electron chi connectivity index (χ3n) is 5.22. The van der Waals surface area contributed by atoms with Gasteiger partial charge in [0.15, 0.2) is 5.58 Å². The Morgan fingerprint density at radius 2 is 1.79 bits per heavy atom. The lowest BCUT2D eigenvalue weighted by Gasteiger charge is -2.07. The van der Waals surface area contributed by atoms with Gasteiger partial charge in [-0.15, -0.1) is 0 Å². The topological polar surface area (TPSA) is 55.1 Å². The van der Waals surface area contributed by atoms with Crippen LogP contribution in [0.25, 0.3) is 22.6 Å². The Morgan fingerprint density at radius 3 is 2.52 bits per heavy atom. The molecule has 4 rings (SSSR count). The van der Waals surface area contributed by atoms with Crippen LogP contribution in [0.4, 0.5) is 5.69 Å². The summed E-state index contributed by atoms with van der Waals surface area (Å²) in [6, 6.07) is 23.5. The maximum atomic E-state index is 12.2. The molecule has 0 bridgehead atoms. The molecule has 0 saturated heterocycles. The van der Waals surface area contributed by atoms with Gasteiger partial charge in [-0.1, -0.05) is 50.2 Å². The predicted octanol–water partition coefficient (Wildman–Crippen LogP) is 6.19. The fourth-order valence-corrected chi connectivity index (χ4v) is 3.29. The van der Waals surface area contributed by atoms with E-state index in [1.54, 1.807) is 0 Å². The highest BCUT2D eigenvalue weighted by atomic mass is 16.3. The zero-order chi connectivity index (χ0) is 20.2. The molecular weight excluding hydrogens is 360 g/mol. The van der Waals surface area contributed by atoms with Crippen molar-refractivity contribution in [1.82, 2.24) is 4.98 Å². The number of nitrogens with one attached hydrogen (secondary N) is 1. The first-order chi connectivity index (χ1) is 14.1. The number of aromatic nitrogens is 1. The van der Waals surface area contributed by atoms with Crippen molar-refractivity contribution < 1.29 is 9.21 Å². The van der Waals surface area contributed by atoms with Gasteiger partial charge < -0.3 is 9.73 Å². The second-order valence-electron chi connectivity index (χ2n) is 7.34. The Hall–Kier alpha value is -3.40. The van der Waals surface area contributed by atoms with Crippen LogP contribution in [0.2, 0.25) is 0 Å². The van der Waals surface area contributed by atoms with Crippen molar-refractivity contribution in [2.75, 3.05) is 5.32 Å². The van der Waals surface area contributed by atoms with E-state index < -0.39 is 0 Å². The monoisotopic (exact) mass is 384 g/mol. The molecule has 1 aromatic heterocycles. The molecule has 0 fully saturated rings. The average molecular weight is 384 g/mol. The molecule has 0 saturated carbocycles. The predicted molar refractivity (Wildman–Crippen MR) is 117 cm³/mol. The molecule has 29 heavy (non-hydrogen) atoms. The second kappa shape index (κ2) is 8.31. The van der Waals surface area contributed by atoms with Gasteiger partial charge in [0.25, 0.3) is 0 Å². The van der Waals surface area contributed by atoms with Crippen LogP contribution < -0.4 is 5.32 Å². The molecule has 146 valence electrons. The van der Waals surface area contributed by atoms with Crippen LogP contribution in [0, 0.1) is 0 Å². The smallest absolute Gasteiger partial charge is 0.228 e. The van der Waals surface area contributed by atoms with Crippen molar-refractivity contribution in [3.63, 3.8) is 0 Å². The molecule has 4 nitrogen and oxygen atoms in total. The highest BCUT2D eigenvalue weighted by molar-refractivity contribution is 5.92. The number of nitrogens with zero attached hydrogens (tertiary/aromatic N) is 1. The third kappa shape index (κ3) is 4.37. The number of rotatable bonds is 6. The van der Waals surface area contributed by atoms with E-state index >= 15 is 0 Å². The summed E-state index contributed by atoms with van der Waals surface area (Å²) in [6.07, 6.45) is 1.44. The highest BCUT2D eigenvalue weighted by Crippen LogP contribution is 2.28. The van der Waals surface area contributed by atoms with E-state index in [2.05, 4.69) is 36.3 Å². The van der Waals surface area contributed by atoms with Gasteiger partial charge in [-0.2, -0.15) is 0 Å². The van der Waals surface area contributed by atoms with E-state index in [0.29, 0.717) is 18.2 Å². The van der Waals surface area contributed by atoms with E-state index in [9.17, 15) is 4.79 Å². The highest BCUT2D eigenvalue weighted by Gasteiger charge is 2.11. The standard InChI is InChI=1S/C25H24N2O2/c1-3-17(2)20-11-14-23-22(16-20)27-25(29-23)19-9-12-21(13-10-19)26-24(28)15-18-7-5-4-6-8-18/h4-14,16-17H,3,15H2,1-2H3,(H,26,28). The van der Waals surface area contributed by atoms with Crippen molar-refractivity contribution in [3.8, 4) is 11.5 Å². The number of anilines is 1. The van der Waals surface area contributed by atoms with Gasteiger partial charge in [-0.3, -0.25) is 4.79 Å². The van der Waals surface area contributed by atoms with Crippen molar-refractivity contribution in [2.24, 2.45) is 0 Å². The van der Waals surface area contributed by atoms with E-state index in [4.69, 9.17) is 4.42 Å². The fourth-order valence-electron chi connectivity index (χ4n) is 3.29. The van der Waals surface area contributed by atoms with Crippen LogP contribution >= 0.6 is 0 Å². The quantitative estimate of drug-likeness (QED) is 0.431. The summed E-state index contributed by atoms with van der Waals surface area (Å²) in [5.41, 5.74) is 5.56. The van der Waals surface area contributed by atoms with E-state index in [0.717, 1.165) is 34.3 Å². The zero-order valence-electron chi connectivity index (χ0n) is 16.7. The van der Waals surface area contributed by atoms with Gasteiger partial charge in [0.2, 0.25) is 11.8 Å². The summed E-state index contributed by atoms with van der Waals surface area (Å²) in [5, 5.41) is 2.93. The van der Waals surface area contributed by atoms with Gasteiger partial charge in [0.05, 0.1) is 6.42 Å². The molecule has 0 spiro atoms. The number of hydrogen-bond acceptors (Lipinski definition) is 3.